The van der Waals surface area contributed by atoms with Gasteiger partial charge in [0, 0.05) is 18.6 Å². The van der Waals surface area contributed by atoms with Crippen molar-refractivity contribution >= 4 is 0 Å². The molecule has 0 amide bonds. The zero-order valence-electron chi connectivity index (χ0n) is 11.0. The topological polar surface area (TPSA) is 15.3 Å². The Morgan fingerprint density at radius 1 is 1.19 bits per heavy atom. The predicted molar refractivity (Wildman–Crippen MR) is 69.7 cm³/mol. The van der Waals surface area contributed by atoms with Gasteiger partial charge in [-0.05, 0) is 44.7 Å². The molecule has 2 atom stereocenters. The van der Waals surface area contributed by atoms with Crippen molar-refractivity contribution in [2.45, 2.75) is 64.5 Å². The second-order valence-electron chi connectivity index (χ2n) is 5.59. The molecule has 0 aromatic rings. The van der Waals surface area contributed by atoms with Gasteiger partial charge in [0.25, 0.3) is 0 Å². The Labute approximate surface area is 101 Å². The van der Waals surface area contributed by atoms with Gasteiger partial charge < -0.3 is 5.32 Å². The predicted octanol–water partition coefficient (Wildman–Crippen LogP) is 2.64. The summed E-state index contributed by atoms with van der Waals surface area (Å²) in [6.07, 6.45) is 8.33. The van der Waals surface area contributed by atoms with Crippen LogP contribution in [0.25, 0.3) is 0 Å². The van der Waals surface area contributed by atoms with Crippen LogP contribution in [0.15, 0.2) is 0 Å². The molecule has 16 heavy (non-hydrogen) atoms. The number of hydrogen-bond donors (Lipinski definition) is 1. The highest BCUT2D eigenvalue weighted by atomic mass is 15.2. The molecule has 1 N–H and O–H groups in total. The van der Waals surface area contributed by atoms with E-state index < -0.39 is 0 Å². The first-order valence-electron chi connectivity index (χ1n) is 7.32. The van der Waals surface area contributed by atoms with Crippen LogP contribution >= 0.6 is 0 Å². The number of hydrogen-bond acceptors (Lipinski definition) is 2. The third-order valence-electron chi connectivity index (χ3n) is 4.62. The Balaban J connectivity index is 1.87. The van der Waals surface area contributed by atoms with E-state index in [1.54, 1.807) is 0 Å². The monoisotopic (exact) mass is 224 g/mol. The lowest BCUT2D eigenvalue weighted by Crippen LogP contribution is -2.45. The van der Waals surface area contributed by atoms with Gasteiger partial charge in [-0.1, -0.05) is 26.7 Å². The minimum Gasteiger partial charge on any atom is -0.312 e. The van der Waals surface area contributed by atoms with Gasteiger partial charge in [0.05, 0.1) is 0 Å². The summed E-state index contributed by atoms with van der Waals surface area (Å²) in [5, 5.41) is 3.70. The highest BCUT2D eigenvalue weighted by molar-refractivity contribution is 4.92. The molecule has 0 aliphatic carbocycles. The van der Waals surface area contributed by atoms with Gasteiger partial charge in [-0.3, -0.25) is 4.90 Å². The zero-order valence-corrected chi connectivity index (χ0v) is 11.0. The van der Waals surface area contributed by atoms with E-state index in [9.17, 15) is 0 Å². The van der Waals surface area contributed by atoms with E-state index in [0.29, 0.717) is 0 Å². The van der Waals surface area contributed by atoms with Crippen molar-refractivity contribution in [3.63, 3.8) is 0 Å². The Hall–Kier alpha value is -0.0800. The third kappa shape index (κ3) is 2.78. The summed E-state index contributed by atoms with van der Waals surface area (Å²) in [6, 6.07) is 1.65. The van der Waals surface area contributed by atoms with Crippen LogP contribution in [0.3, 0.4) is 0 Å². The fraction of sp³-hybridized carbons (Fsp3) is 1.00. The molecule has 0 saturated carbocycles. The summed E-state index contributed by atoms with van der Waals surface area (Å²) in [5.41, 5.74) is 0. The van der Waals surface area contributed by atoms with Crippen LogP contribution in [0.2, 0.25) is 0 Å². The van der Waals surface area contributed by atoms with E-state index >= 15 is 0 Å². The lowest BCUT2D eigenvalue weighted by Gasteiger charge is -2.32. The van der Waals surface area contributed by atoms with Crippen LogP contribution in [0, 0.1) is 5.92 Å². The van der Waals surface area contributed by atoms with Crippen LogP contribution in [-0.4, -0.2) is 36.6 Å². The van der Waals surface area contributed by atoms with Crippen molar-refractivity contribution in [1.82, 2.24) is 10.2 Å². The number of likely N-dealkylation sites (tertiary alicyclic amines) is 1. The molecule has 2 aliphatic heterocycles. The van der Waals surface area contributed by atoms with Gasteiger partial charge in [-0.25, -0.2) is 0 Å². The van der Waals surface area contributed by atoms with E-state index in [4.69, 9.17) is 0 Å². The van der Waals surface area contributed by atoms with Crippen molar-refractivity contribution in [1.29, 1.82) is 0 Å². The second-order valence-corrected chi connectivity index (χ2v) is 5.59. The quantitative estimate of drug-likeness (QED) is 0.772. The summed E-state index contributed by atoms with van der Waals surface area (Å²) in [7, 11) is 0. The molecule has 0 aromatic heterocycles. The summed E-state index contributed by atoms with van der Waals surface area (Å²) in [4.78, 5) is 2.78. The average molecular weight is 224 g/mol. The molecule has 2 rings (SSSR count). The Morgan fingerprint density at radius 3 is 2.62 bits per heavy atom. The second kappa shape index (κ2) is 6.02. The van der Waals surface area contributed by atoms with Crippen LogP contribution in [0.1, 0.15) is 52.4 Å². The normalized spacial score (nSPS) is 31.7. The SMILES string of the molecule is CCC(CC)CN1CCCC1C1CCCN1. The van der Waals surface area contributed by atoms with E-state index in [1.165, 1.54) is 58.2 Å². The molecule has 2 aliphatic rings. The van der Waals surface area contributed by atoms with Crippen LogP contribution in [-0.2, 0) is 0 Å². The highest BCUT2D eigenvalue weighted by Crippen LogP contribution is 2.26. The first-order chi connectivity index (χ1) is 7.85. The Morgan fingerprint density at radius 2 is 2.00 bits per heavy atom. The van der Waals surface area contributed by atoms with Gasteiger partial charge in [0.15, 0.2) is 0 Å². The molecule has 2 unspecified atom stereocenters. The van der Waals surface area contributed by atoms with Gasteiger partial charge in [0.2, 0.25) is 0 Å². The summed E-state index contributed by atoms with van der Waals surface area (Å²) in [6.45, 7) is 8.62. The van der Waals surface area contributed by atoms with Crippen molar-refractivity contribution in [3.8, 4) is 0 Å². The fourth-order valence-electron chi connectivity index (χ4n) is 3.45. The molecule has 0 spiro atoms. The van der Waals surface area contributed by atoms with E-state index in [0.717, 1.165) is 18.0 Å². The maximum Gasteiger partial charge on any atom is 0.0249 e. The molecule has 0 radical (unpaired) electrons. The van der Waals surface area contributed by atoms with Gasteiger partial charge in [-0.15, -0.1) is 0 Å². The first kappa shape index (κ1) is 12.4. The molecule has 2 saturated heterocycles. The zero-order chi connectivity index (χ0) is 11.4. The summed E-state index contributed by atoms with van der Waals surface area (Å²) in [5.74, 6) is 0.919. The summed E-state index contributed by atoms with van der Waals surface area (Å²) >= 11 is 0. The molecular formula is C14H28N2. The van der Waals surface area contributed by atoms with E-state index in [1.807, 2.05) is 0 Å². The molecule has 2 fully saturated rings. The molecule has 2 nitrogen and oxygen atoms in total. The number of nitrogens with one attached hydrogen (secondary N) is 1. The van der Waals surface area contributed by atoms with Crippen molar-refractivity contribution in [2.75, 3.05) is 19.6 Å². The minimum atomic E-state index is 0.803. The highest BCUT2D eigenvalue weighted by Gasteiger charge is 2.33. The lowest BCUT2D eigenvalue weighted by molar-refractivity contribution is 0.179. The maximum atomic E-state index is 3.70. The largest absolute Gasteiger partial charge is 0.312 e. The molecular weight excluding hydrogens is 196 g/mol. The lowest BCUT2D eigenvalue weighted by atomic mass is 10.00. The van der Waals surface area contributed by atoms with Gasteiger partial charge in [-0.2, -0.15) is 0 Å². The summed E-state index contributed by atoms with van der Waals surface area (Å²) < 4.78 is 0. The van der Waals surface area contributed by atoms with Crippen molar-refractivity contribution < 1.29 is 0 Å². The molecule has 0 bridgehead atoms. The van der Waals surface area contributed by atoms with Crippen LogP contribution in [0.5, 0.6) is 0 Å². The Bertz CT molecular complexity index is 195. The standard InChI is InChI=1S/C14H28N2/c1-3-12(4-2)11-16-10-6-8-14(16)13-7-5-9-15-13/h12-15H,3-11H2,1-2H3. The van der Waals surface area contributed by atoms with E-state index in [-0.39, 0.29) is 0 Å². The number of nitrogens with zero attached hydrogens (tertiary/aromatic N) is 1. The average Bonchev–Trinajstić information content (AvgIpc) is 2.95. The molecule has 2 heterocycles. The molecule has 94 valence electrons. The minimum absolute atomic E-state index is 0.803. The van der Waals surface area contributed by atoms with Gasteiger partial charge >= 0.3 is 0 Å². The van der Waals surface area contributed by atoms with Crippen molar-refractivity contribution in [2.24, 2.45) is 5.92 Å². The third-order valence-corrected chi connectivity index (χ3v) is 4.62. The first-order valence-corrected chi connectivity index (χ1v) is 7.32. The smallest absolute Gasteiger partial charge is 0.0249 e. The maximum absolute atomic E-state index is 3.70. The van der Waals surface area contributed by atoms with E-state index in [2.05, 4.69) is 24.1 Å². The molecule has 0 aromatic carbocycles. The Kier molecular flexibility index (Phi) is 4.66. The molecule has 2 heteroatoms. The number of rotatable bonds is 5. The van der Waals surface area contributed by atoms with Crippen LogP contribution < -0.4 is 5.32 Å². The fourth-order valence-corrected chi connectivity index (χ4v) is 3.45. The van der Waals surface area contributed by atoms with Crippen molar-refractivity contribution in [3.05, 3.63) is 0 Å². The van der Waals surface area contributed by atoms with Gasteiger partial charge in [0.1, 0.15) is 0 Å². The van der Waals surface area contributed by atoms with Crippen LogP contribution in [0.4, 0.5) is 0 Å².